The highest BCUT2D eigenvalue weighted by molar-refractivity contribution is 6.32. The van der Waals surface area contributed by atoms with Crippen LogP contribution in [0, 0.1) is 0 Å². The minimum atomic E-state index is -0.292. The summed E-state index contributed by atoms with van der Waals surface area (Å²) in [6.07, 6.45) is 3.04. The van der Waals surface area contributed by atoms with Gasteiger partial charge in [-0.3, -0.25) is 4.79 Å². The summed E-state index contributed by atoms with van der Waals surface area (Å²) < 4.78 is 7.04. The number of aromatic nitrogens is 2. The van der Waals surface area contributed by atoms with Crippen LogP contribution >= 0.6 is 11.6 Å². The molecule has 0 radical (unpaired) electrons. The lowest BCUT2D eigenvalue weighted by molar-refractivity contribution is -0.121. The number of benzene rings is 2. The molecule has 2 N–H and O–H groups in total. The van der Waals surface area contributed by atoms with Gasteiger partial charge in [-0.25, -0.2) is 10.4 Å². The fourth-order valence-corrected chi connectivity index (χ4v) is 2.66. The summed E-state index contributed by atoms with van der Waals surface area (Å²) in [4.78, 5) is 16.3. The van der Waals surface area contributed by atoms with Crippen LogP contribution in [-0.4, -0.2) is 33.4 Å². The van der Waals surface area contributed by atoms with Gasteiger partial charge >= 0.3 is 0 Å². The standard InChI is InChI=1S/C18H17ClN4O3/c1-2-26-16-8-12(7-13(19)18(16)25)9-21-22-17(24)10-23-11-20-14-5-3-4-6-15(14)23/h3-9,11,25H,2,10H2,1H3,(H,22,24)/b21-9+. The minimum Gasteiger partial charge on any atom is -0.503 e. The van der Waals surface area contributed by atoms with Gasteiger partial charge in [0.2, 0.25) is 0 Å². The first kappa shape index (κ1) is 17.8. The van der Waals surface area contributed by atoms with Crippen molar-refractivity contribution in [3.8, 4) is 11.5 Å². The van der Waals surface area contributed by atoms with Crippen LogP contribution in [0.15, 0.2) is 47.8 Å². The second kappa shape index (κ2) is 7.88. The summed E-state index contributed by atoms with van der Waals surface area (Å²) in [7, 11) is 0. The molecule has 3 aromatic rings. The second-order valence-electron chi connectivity index (χ2n) is 5.44. The van der Waals surface area contributed by atoms with Crippen molar-refractivity contribution in [3.05, 3.63) is 53.3 Å². The van der Waals surface area contributed by atoms with Gasteiger partial charge in [-0.2, -0.15) is 5.10 Å². The Kier molecular flexibility index (Phi) is 5.38. The van der Waals surface area contributed by atoms with Gasteiger partial charge in [0.25, 0.3) is 5.91 Å². The zero-order valence-electron chi connectivity index (χ0n) is 14.0. The molecule has 2 aromatic carbocycles. The third kappa shape index (κ3) is 3.94. The molecule has 0 aliphatic rings. The molecule has 26 heavy (non-hydrogen) atoms. The average molecular weight is 373 g/mol. The first-order valence-electron chi connectivity index (χ1n) is 7.95. The smallest absolute Gasteiger partial charge is 0.260 e. The molecule has 0 spiro atoms. The highest BCUT2D eigenvalue weighted by Crippen LogP contribution is 2.34. The Bertz CT molecular complexity index is 968. The molecule has 0 aliphatic heterocycles. The lowest BCUT2D eigenvalue weighted by Crippen LogP contribution is -2.22. The monoisotopic (exact) mass is 372 g/mol. The van der Waals surface area contributed by atoms with Crippen LogP contribution in [0.25, 0.3) is 11.0 Å². The number of aromatic hydroxyl groups is 1. The molecule has 7 nitrogen and oxygen atoms in total. The van der Waals surface area contributed by atoms with E-state index in [0.29, 0.717) is 12.2 Å². The van der Waals surface area contributed by atoms with E-state index in [1.54, 1.807) is 23.9 Å². The highest BCUT2D eigenvalue weighted by Gasteiger charge is 2.09. The fraction of sp³-hybridized carbons (Fsp3) is 0.167. The molecule has 0 atom stereocenters. The number of carbonyl (C=O) groups excluding carboxylic acids is 1. The summed E-state index contributed by atoms with van der Waals surface area (Å²) in [6.45, 7) is 2.28. The van der Waals surface area contributed by atoms with Crippen molar-refractivity contribution in [3.63, 3.8) is 0 Å². The Labute approximate surface area is 154 Å². The maximum Gasteiger partial charge on any atom is 0.260 e. The van der Waals surface area contributed by atoms with E-state index in [-0.39, 0.29) is 29.0 Å². The number of para-hydroxylation sites is 2. The third-order valence-corrected chi connectivity index (χ3v) is 3.88. The molecule has 1 aromatic heterocycles. The van der Waals surface area contributed by atoms with Gasteiger partial charge < -0.3 is 14.4 Å². The number of amides is 1. The maximum atomic E-state index is 12.1. The van der Waals surface area contributed by atoms with E-state index < -0.39 is 0 Å². The maximum absolute atomic E-state index is 12.1. The largest absolute Gasteiger partial charge is 0.503 e. The molecular weight excluding hydrogens is 356 g/mol. The van der Waals surface area contributed by atoms with Gasteiger partial charge in [0.1, 0.15) is 6.54 Å². The Morgan fingerprint density at radius 3 is 3.04 bits per heavy atom. The average Bonchev–Trinajstić information content (AvgIpc) is 3.02. The molecule has 0 fully saturated rings. The van der Waals surface area contributed by atoms with Crippen LogP contribution in [0.2, 0.25) is 5.02 Å². The van der Waals surface area contributed by atoms with Crippen molar-refractivity contribution in [1.82, 2.24) is 15.0 Å². The zero-order chi connectivity index (χ0) is 18.5. The fourth-order valence-electron chi connectivity index (χ4n) is 2.44. The number of nitrogens with one attached hydrogen (secondary N) is 1. The SMILES string of the molecule is CCOc1cc(/C=N/NC(=O)Cn2cnc3ccccc32)cc(Cl)c1O. The quantitative estimate of drug-likeness (QED) is 0.514. The number of ether oxygens (including phenoxy) is 1. The minimum absolute atomic E-state index is 0.0956. The van der Waals surface area contributed by atoms with E-state index >= 15 is 0 Å². The zero-order valence-corrected chi connectivity index (χ0v) is 14.8. The van der Waals surface area contributed by atoms with Crippen LogP contribution in [0.5, 0.6) is 11.5 Å². The number of halogens is 1. The van der Waals surface area contributed by atoms with E-state index in [2.05, 4.69) is 15.5 Å². The Hall–Kier alpha value is -3.06. The molecule has 0 saturated carbocycles. The van der Waals surface area contributed by atoms with Gasteiger partial charge in [-0.05, 0) is 36.8 Å². The summed E-state index contributed by atoms with van der Waals surface area (Å²) in [5.41, 5.74) is 4.74. The lowest BCUT2D eigenvalue weighted by Gasteiger charge is -2.08. The van der Waals surface area contributed by atoms with Crippen LogP contribution in [0.4, 0.5) is 0 Å². The highest BCUT2D eigenvalue weighted by atomic mass is 35.5. The molecule has 0 saturated heterocycles. The van der Waals surface area contributed by atoms with Crippen molar-refractivity contribution >= 4 is 34.8 Å². The van der Waals surface area contributed by atoms with Crippen molar-refractivity contribution < 1.29 is 14.6 Å². The van der Waals surface area contributed by atoms with Crippen molar-refractivity contribution in [1.29, 1.82) is 0 Å². The summed E-state index contributed by atoms with van der Waals surface area (Å²) in [6, 6.07) is 10.7. The molecule has 134 valence electrons. The number of hydrogen-bond donors (Lipinski definition) is 2. The van der Waals surface area contributed by atoms with Crippen LogP contribution in [0.3, 0.4) is 0 Å². The Morgan fingerprint density at radius 1 is 1.42 bits per heavy atom. The number of hydrogen-bond acceptors (Lipinski definition) is 5. The number of imidazole rings is 1. The van der Waals surface area contributed by atoms with Gasteiger partial charge in [-0.1, -0.05) is 23.7 Å². The van der Waals surface area contributed by atoms with Gasteiger partial charge in [0.05, 0.1) is 35.2 Å². The van der Waals surface area contributed by atoms with Gasteiger partial charge in [0.15, 0.2) is 11.5 Å². The number of phenolic OH excluding ortho intramolecular Hbond substituents is 1. The van der Waals surface area contributed by atoms with Crippen molar-refractivity contribution in [2.75, 3.05) is 6.61 Å². The molecule has 0 unspecified atom stereocenters. The van der Waals surface area contributed by atoms with E-state index in [4.69, 9.17) is 16.3 Å². The van der Waals surface area contributed by atoms with Crippen molar-refractivity contribution in [2.24, 2.45) is 5.10 Å². The van der Waals surface area contributed by atoms with E-state index in [1.165, 1.54) is 12.3 Å². The molecule has 0 aliphatic carbocycles. The number of fused-ring (bicyclic) bond motifs is 1. The third-order valence-electron chi connectivity index (χ3n) is 3.59. The van der Waals surface area contributed by atoms with Crippen LogP contribution in [-0.2, 0) is 11.3 Å². The molecular formula is C18H17ClN4O3. The number of phenols is 1. The molecule has 1 heterocycles. The topological polar surface area (TPSA) is 88.7 Å². The normalized spacial score (nSPS) is 11.2. The predicted octanol–water partition coefficient (Wildman–Crippen LogP) is 2.94. The summed E-state index contributed by atoms with van der Waals surface area (Å²) in [5, 5.41) is 13.9. The first-order chi connectivity index (χ1) is 12.6. The summed E-state index contributed by atoms with van der Waals surface area (Å²) >= 11 is 5.96. The predicted molar refractivity (Wildman–Crippen MR) is 99.8 cm³/mol. The lowest BCUT2D eigenvalue weighted by atomic mass is 10.2. The van der Waals surface area contributed by atoms with Gasteiger partial charge in [0, 0.05) is 0 Å². The molecule has 0 bridgehead atoms. The Morgan fingerprint density at radius 2 is 2.23 bits per heavy atom. The first-order valence-corrected chi connectivity index (χ1v) is 8.33. The van der Waals surface area contributed by atoms with E-state index in [1.807, 2.05) is 24.3 Å². The molecule has 8 heteroatoms. The molecule has 1 amide bonds. The van der Waals surface area contributed by atoms with E-state index in [9.17, 15) is 9.90 Å². The number of hydrazone groups is 1. The Balaban J connectivity index is 1.66. The molecule has 3 rings (SSSR count). The van der Waals surface area contributed by atoms with Crippen LogP contribution in [0.1, 0.15) is 12.5 Å². The number of rotatable bonds is 6. The number of nitrogens with zero attached hydrogens (tertiary/aromatic N) is 3. The van der Waals surface area contributed by atoms with Gasteiger partial charge in [-0.15, -0.1) is 0 Å². The van der Waals surface area contributed by atoms with E-state index in [0.717, 1.165) is 11.0 Å². The second-order valence-corrected chi connectivity index (χ2v) is 5.84. The summed E-state index contributed by atoms with van der Waals surface area (Å²) in [5.74, 6) is -0.154. The van der Waals surface area contributed by atoms with Crippen LogP contribution < -0.4 is 10.2 Å². The number of carbonyl (C=O) groups is 1. The van der Waals surface area contributed by atoms with Crippen molar-refractivity contribution in [2.45, 2.75) is 13.5 Å².